The number of H-pyrrole nitrogens is 1. The molecule has 0 aliphatic rings. The lowest BCUT2D eigenvalue weighted by Crippen LogP contribution is -2.24. The Morgan fingerprint density at radius 2 is 1.92 bits per heavy atom. The Balaban J connectivity index is 1.52. The lowest BCUT2D eigenvalue weighted by Gasteiger charge is -2.04. The SMILES string of the molecule is O=C(NCC#Cc1ccc2c[nH]c(=O)cc2c1)OCc1ccccc1. The molecule has 1 amide bonds. The van der Waals surface area contributed by atoms with Gasteiger partial charge in [-0.3, -0.25) is 4.79 Å². The standard InChI is InChI=1S/C20H16N2O3/c23-19-12-18-11-15(8-9-17(18)13-22-19)7-4-10-21-20(24)25-14-16-5-2-1-3-6-16/h1-3,5-6,8-9,11-13H,10,14H2,(H,21,24)(H,22,23). The van der Waals surface area contributed by atoms with Crippen molar-refractivity contribution in [3.63, 3.8) is 0 Å². The number of aromatic nitrogens is 1. The van der Waals surface area contributed by atoms with Crippen LogP contribution in [0.15, 0.2) is 65.6 Å². The highest BCUT2D eigenvalue weighted by Gasteiger charge is 2.00. The van der Waals surface area contributed by atoms with Crippen molar-refractivity contribution in [3.05, 3.63) is 82.3 Å². The molecule has 25 heavy (non-hydrogen) atoms. The van der Waals surface area contributed by atoms with Crippen LogP contribution in [0.2, 0.25) is 0 Å². The van der Waals surface area contributed by atoms with E-state index in [1.165, 1.54) is 6.07 Å². The number of aromatic amines is 1. The molecule has 0 saturated carbocycles. The van der Waals surface area contributed by atoms with Gasteiger partial charge in [0.05, 0.1) is 6.54 Å². The van der Waals surface area contributed by atoms with Crippen LogP contribution < -0.4 is 10.9 Å². The topological polar surface area (TPSA) is 71.2 Å². The second kappa shape index (κ2) is 7.84. The van der Waals surface area contributed by atoms with E-state index >= 15 is 0 Å². The summed E-state index contributed by atoms with van der Waals surface area (Å²) in [6, 6.07) is 16.6. The molecular weight excluding hydrogens is 316 g/mol. The lowest BCUT2D eigenvalue weighted by atomic mass is 10.1. The van der Waals surface area contributed by atoms with Gasteiger partial charge in [-0.2, -0.15) is 0 Å². The molecule has 0 aliphatic carbocycles. The number of amides is 1. The highest BCUT2D eigenvalue weighted by atomic mass is 16.5. The van der Waals surface area contributed by atoms with Crippen molar-refractivity contribution in [2.75, 3.05) is 6.54 Å². The summed E-state index contributed by atoms with van der Waals surface area (Å²) in [6.45, 7) is 0.403. The van der Waals surface area contributed by atoms with Crippen LogP contribution in [0.5, 0.6) is 0 Å². The Labute approximate surface area is 144 Å². The van der Waals surface area contributed by atoms with E-state index in [1.54, 1.807) is 6.20 Å². The number of rotatable bonds is 3. The number of fused-ring (bicyclic) bond motifs is 1. The summed E-state index contributed by atoms with van der Waals surface area (Å²) < 4.78 is 5.10. The van der Waals surface area contributed by atoms with E-state index in [2.05, 4.69) is 22.1 Å². The maximum absolute atomic E-state index is 11.6. The average Bonchev–Trinajstić information content (AvgIpc) is 2.64. The summed E-state index contributed by atoms with van der Waals surface area (Å²) >= 11 is 0. The molecule has 124 valence electrons. The Kier molecular flexibility index (Phi) is 5.13. The third-order valence-corrected chi connectivity index (χ3v) is 3.51. The number of nitrogens with one attached hydrogen (secondary N) is 2. The summed E-state index contributed by atoms with van der Waals surface area (Å²) in [6.07, 6.45) is 1.15. The van der Waals surface area contributed by atoms with Gasteiger partial charge in [-0.05, 0) is 28.5 Å². The summed E-state index contributed by atoms with van der Waals surface area (Å²) in [4.78, 5) is 25.6. The number of hydrogen-bond acceptors (Lipinski definition) is 3. The quantitative estimate of drug-likeness (QED) is 0.725. The molecule has 1 aromatic heterocycles. The van der Waals surface area contributed by atoms with E-state index in [1.807, 2.05) is 48.5 Å². The highest BCUT2D eigenvalue weighted by molar-refractivity contribution is 5.82. The molecule has 0 spiro atoms. The van der Waals surface area contributed by atoms with E-state index in [0.717, 1.165) is 21.9 Å². The summed E-state index contributed by atoms with van der Waals surface area (Å²) in [5.74, 6) is 5.82. The van der Waals surface area contributed by atoms with Gasteiger partial charge >= 0.3 is 6.09 Å². The molecule has 1 heterocycles. The van der Waals surface area contributed by atoms with Crippen LogP contribution in [0.4, 0.5) is 4.79 Å². The van der Waals surface area contributed by atoms with Gasteiger partial charge in [-0.15, -0.1) is 0 Å². The fraction of sp³-hybridized carbons (Fsp3) is 0.100. The van der Waals surface area contributed by atoms with Crippen molar-refractivity contribution in [1.29, 1.82) is 0 Å². The molecule has 0 aliphatic heterocycles. The third kappa shape index (κ3) is 4.72. The molecule has 3 aromatic rings. The minimum absolute atomic E-state index is 0.152. The number of benzene rings is 2. The normalized spacial score (nSPS) is 9.92. The largest absolute Gasteiger partial charge is 0.445 e. The molecule has 5 nitrogen and oxygen atoms in total. The van der Waals surface area contributed by atoms with Gasteiger partial charge in [0, 0.05) is 17.8 Å². The van der Waals surface area contributed by atoms with Crippen molar-refractivity contribution < 1.29 is 9.53 Å². The van der Waals surface area contributed by atoms with Crippen LogP contribution in [0.1, 0.15) is 11.1 Å². The van der Waals surface area contributed by atoms with Gasteiger partial charge in [0.1, 0.15) is 6.61 Å². The predicted molar refractivity (Wildman–Crippen MR) is 96.1 cm³/mol. The van der Waals surface area contributed by atoms with Crippen LogP contribution >= 0.6 is 0 Å². The molecule has 0 fully saturated rings. The van der Waals surface area contributed by atoms with E-state index in [9.17, 15) is 9.59 Å². The summed E-state index contributed by atoms with van der Waals surface area (Å²) in [5, 5.41) is 4.34. The van der Waals surface area contributed by atoms with Gasteiger partial charge in [0.15, 0.2) is 0 Å². The number of carbonyl (C=O) groups is 1. The monoisotopic (exact) mass is 332 g/mol. The maximum Gasteiger partial charge on any atom is 0.408 e. The second-order valence-corrected chi connectivity index (χ2v) is 5.36. The fourth-order valence-electron chi connectivity index (χ4n) is 2.28. The van der Waals surface area contributed by atoms with E-state index in [4.69, 9.17) is 4.74 Å². The Morgan fingerprint density at radius 1 is 1.08 bits per heavy atom. The van der Waals surface area contributed by atoms with Gasteiger partial charge in [0.2, 0.25) is 5.56 Å². The van der Waals surface area contributed by atoms with Crippen LogP contribution in [0.3, 0.4) is 0 Å². The van der Waals surface area contributed by atoms with Crippen molar-refractivity contribution >= 4 is 16.9 Å². The van der Waals surface area contributed by atoms with Gasteiger partial charge < -0.3 is 15.0 Å². The van der Waals surface area contributed by atoms with Crippen LogP contribution in [0, 0.1) is 11.8 Å². The Hall–Kier alpha value is -3.52. The first-order valence-corrected chi connectivity index (χ1v) is 7.77. The van der Waals surface area contributed by atoms with Crippen molar-refractivity contribution in [3.8, 4) is 11.8 Å². The minimum atomic E-state index is -0.511. The first-order valence-electron chi connectivity index (χ1n) is 7.77. The molecule has 3 rings (SSSR count). The molecule has 0 unspecified atom stereocenters. The van der Waals surface area contributed by atoms with Crippen molar-refractivity contribution in [2.45, 2.75) is 6.61 Å². The molecule has 0 bridgehead atoms. The first kappa shape index (κ1) is 16.3. The number of ether oxygens (including phenoxy) is 1. The lowest BCUT2D eigenvalue weighted by molar-refractivity contribution is 0.141. The zero-order valence-corrected chi connectivity index (χ0v) is 13.4. The van der Waals surface area contributed by atoms with Gasteiger partial charge in [-0.1, -0.05) is 48.2 Å². The van der Waals surface area contributed by atoms with Crippen LogP contribution in [0.25, 0.3) is 10.8 Å². The van der Waals surface area contributed by atoms with Crippen LogP contribution in [-0.2, 0) is 11.3 Å². The molecule has 5 heteroatoms. The van der Waals surface area contributed by atoms with Crippen molar-refractivity contribution in [2.24, 2.45) is 0 Å². The van der Waals surface area contributed by atoms with Crippen LogP contribution in [-0.4, -0.2) is 17.6 Å². The molecule has 2 N–H and O–H groups in total. The molecule has 0 saturated heterocycles. The smallest absolute Gasteiger partial charge is 0.408 e. The number of carbonyl (C=O) groups excluding carboxylic acids is 1. The minimum Gasteiger partial charge on any atom is -0.445 e. The average molecular weight is 332 g/mol. The zero-order chi connectivity index (χ0) is 17.5. The second-order valence-electron chi connectivity index (χ2n) is 5.36. The number of hydrogen-bond donors (Lipinski definition) is 2. The molecule has 2 aromatic carbocycles. The fourth-order valence-corrected chi connectivity index (χ4v) is 2.28. The molecular formula is C20H16N2O3. The summed E-state index contributed by atoms with van der Waals surface area (Å²) in [7, 11) is 0. The molecule has 0 atom stereocenters. The van der Waals surface area contributed by atoms with E-state index in [0.29, 0.717) is 0 Å². The Bertz CT molecular complexity index is 998. The maximum atomic E-state index is 11.6. The van der Waals surface area contributed by atoms with E-state index in [-0.39, 0.29) is 18.7 Å². The molecule has 0 radical (unpaired) electrons. The zero-order valence-electron chi connectivity index (χ0n) is 13.4. The van der Waals surface area contributed by atoms with Gasteiger partial charge in [0.25, 0.3) is 0 Å². The van der Waals surface area contributed by atoms with Gasteiger partial charge in [-0.25, -0.2) is 4.79 Å². The first-order chi connectivity index (χ1) is 12.2. The number of pyridine rings is 1. The summed E-state index contributed by atoms with van der Waals surface area (Å²) in [5.41, 5.74) is 1.55. The Morgan fingerprint density at radius 3 is 2.76 bits per heavy atom. The number of alkyl carbamates (subject to hydrolysis) is 1. The highest BCUT2D eigenvalue weighted by Crippen LogP contribution is 2.12. The van der Waals surface area contributed by atoms with Crippen molar-refractivity contribution in [1.82, 2.24) is 10.3 Å². The predicted octanol–water partition coefficient (Wildman–Crippen LogP) is 2.81. The van der Waals surface area contributed by atoms with E-state index < -0.39 is 6.09 Å². The third-order valence-electron chi connectivity index (χ3n) is 3.51.